The summed E-state index contributed by atoms with van der Waals surface area (Å²) in [5.41, 5.74) is -0.914. The molecule has 1 unspecified atom stereocenters. The molecule has 0 fully saturated rings. The molecule has 0 bridgehead atoms. The van der Waals surface area contributed by atoms with Crippen LogP contribution >= 0.6 is 0 Å². The van der Waals surface area contributed by atoms with E-state index in [0.29, 0.717) is 13.0 Å². The summed E-state index contributed by atoms with van der Waals surface area (Å²) >= 11 is 0. The molecule has 0 aromatic heterocycles. The van der Waals surface area contributed by atoms with Gasteiger partial charge in [-0.3, -0.25) is 19.7 Å². The molecule has 8 heteroatoms. The van der Waals surface area contributed by atoms with Gasteiger partial charge >= 0.3 is 11.7 Å². The van der Waals surface area contributed by atoms with Crippen molar-refractivity contribution in [2.24, 2.45) is 0 Å². The van der Waals surface area contributed by atoms with Crippen LogP contribution in [0.3, 0.4) is 0 Å². The van der Waals surface area contributed by atoms with Gasteiger partial charge in [-0.25, -0.2) is 0 Å². The Morgan fingerprint density at radius 3 is 2.67 bits per heavy atom. The molecule has 2 N–H and O–H groups in total. The number of carbonyl (C=O) groups is 2. The predicted molar refractivity (Wildman–Crippen MR) is 71.7 cm³/mol. The Morgan fingerprint density at radius 2 is 2.14 bits per heavy atom. The fourth-order valence-electron chi connectivity index (χ4n) is 1.76. The minimum atomic E-state index is -1.17. The molecule has 1 aromatic carbocycles. The highest BCUT2D eigenvalue weighted by molar-refractivity contribution is 6.02. The fourth-order valence-corrected chi connectivity index (χ4v) is 1.76. The molecule has 114 valence electrons. The summed E-state index contributed by atoms with van der Waals surface area (Å²) < 4.78 is 13.2. The second kappa shape index (κ2) is 7.44. The maximum atomic E-state index is 13.2. The third-order valence-electron chi connectivity index (χ3n) is 2.76. The normalized spacial score (nSPS) is 11.9. The zero-order valence-corrected chi connectivity index (χ0v) is 11.3. The van der Waals surface area contributed by atoms with Gasteiger partial charge < -0.3 is 10.4 Å². The highest BCUT2D eigenvalue weighted by atomic mass is 19.1. The molecular formula is C13H15FN2O5. The van der Waals surface area contributed by atoms with E-state index in [1.54, 1.807) is 0 Å². The number of nitro groups is 1. The highest BCUT2D eigenvalue weighted by Crippen LogP contribution is 2.20. The van der Waals surface area contributed by atoms with Crippen molar-refractivity contribution in [3.05, 3.63) is 39.7 Å². The average molecular weight is 298 g/mol. The van der Waals surface area contributed by atoms with Crippen molar-refractivity contribution in [1.82, 2.24) is 5.32 Å². The van der Waals surface area contributed by atoms with Crippen molar-refractivity contribution in [2.75, 3.05) is 6.54 Å². The van der Waals surface area contributed by atoms with Gasteiger partial charge in [0, 0.05) is 11.6 Å². The number of rotatable bonds is 8. The first kappa shape index (κ1) is 16.7. The number of halogens is 1. The largest absolute Gasteiger partial charge is 0.481 e. The molecule has 0 amide bonds. The van der Waals surface area contributed by atoms with Gasteiger partial charge in [-0.05, 0) is 25.1 Å². The number of hydrogen-bond donors (Lipinski definition) is 2. The lowest BCUT2D eigenvalue weighted by atomic mass is 10.0. The zero-order chi connectivity index (χ0) is 16.0. The average Bonchev–Trinajstić information content (AvgIpc) is 2.42. The van der Waals surface area contributed by atoms with Crippen molar-refractivity contribution in [1.29, 1.82) is 0 Å². The second-order valence-electron chi connectivity index (χ2n) is 4.39. The van der Waals surface area contributed by atoms with Gasteiger partial charge in [0.1, 0.15) is 0 Å². The first-order valence-electron chi connectivity index (χ1n) is 6.30. The minimum Gasteiger partial charge on any atom is -0.481 e. The van der Waals surface area contributed by atoms with Crippen LogP contribution in [-0.4, -0.2) is 34.4 Å². The number of nitrogens with zero attached hydrogens (tertiary/aromatic N) is 1. The van der Waals surface area contributed by atoms with Crippen LogP contribution in [0.15, 0.2) is 18.2 Å². The van der Waals surface area contributed by atoms with E-state index in [1.807, 2.05) is 6.92 Å². The lowest BCUT2D eigenvalue weighted by Gasteiger charge is -2.15. The van der Waals surface area contributed by atoms with Crippen LogP contribution < -0.4 is 5.32 Å². The lowest BCUT2D eigenvalue weighted by Crippen LogP contribution is -2.39. The van der Waals surface area contributed by atoms with Crippen LogP contribution in [0, 0.1) is 15.9 Å². The van der Waals surface area contributed by atoms with E-state index in [-0.39, 0.29) is 5.56 Å². The van der Waals surface area contributed by atoms with Crippen LogP contribution in [0.4, 0.5) is 10.1 Å². The third kappa shape index (κ3) is 4.60. The summed E-state index contributed by atoms with van der Waals surface area (Å²) in [6.45, 7) is 2.27. The molecule has 0 saturated heterocycles. The van der Waals surface area contributed by atoms with Crippen molar-refractivity contribution in [3.8, 4) is 0 Å². The number of ketones is 1. The van der Waals surface area contributed by atoms with E-state index < -0.39 is 40.6 Å². The molecular weight excluding hydrogens is 283 g/mol. The summed E-state index contributed by atoms with van der Waals surface area (Å²) in [7, 11) is 0. The number of benzene rings is 1. The number of nitro benzene ring substituents is 1. The maximum absolute atomic E-state index is 13.2. The summed E-state index contributed by atoms with van der Waals surface area (Å²) in [6, 6.07) is 1.74. The third-order valence-corrected chi connectivity index (χ3v) is 2.76. The molecule has 21 heavy (non-hydrogen) atoms. The predicted octanol–water partition coefficient (Wildman–Crippen LogP) is 1.76. The summed E-state index contributed by atoms with van der Waals surface area (Å²) in [5.74, 6) is -2.84. The SMILES string of the molecule is CCCNC(CC(=O)O)C(=O)c1ccc(F)c([N+](=O)[O-])c1. The Kier molecular flexibility index (Phi) is 5.92. The molecule has 0 heterocycles. The van der Waals surface area contributed by atoms with Gasteiger partial charge in [0.05, 0.1) is 17.4 Å². The first-order chi connectivity index (χ1) is 9.86. The van der Waals surface area contributed by atoms with E-state index >= 15 is 0 Å². The molecule has 0 aliphatic rings. The van der Waals surface area contributed by atoms with E-state index in [0.717, 1.165) is 18.2 Å². The highest BCUT2D eigenvalue weighted by Gasteiger charge is 2.25. The van der Waals surface area contributed by atoms with E-state index in [1.165, 1.54) is 0 Å². The smallest absolute Gasteiger partial charge is 0.305 e. The molecule has 1 aromatic rings. The monoisotopic (exact) mass is 298 g/mol. The van der Waals surface area contributed by atoms with Gasteiger partial charge in [0.2, 0.25) is 5.82 Å². The van der Waals surface area contributed by atoms with Crippen molar-refractivity contribution in [2.45, 2.75) is 25.8 Å². The number of nitrogens with one attached hydrogen (secondary N) is 1. The maximum Gasteiger partial charge on any atom is 0.305 e. The number of Topliss-reactive ketones (excluding diaryl/α,β-unsaturated/α-hetero) is 1. The molecule has 0 spiro atoms. The van der Waals surface area contributed by atoms with Crippen molar-refractivity contribution >= 4 is 17.4 Å². The van der Waals surface area contributed by atoms with Gasteiger partial charge in [0.25, 0.3) is 0 Å². The van der Waals surface area contributed by atoms with Crippen LogP contribution in [0.25, 0.3) is 0 Å². The minimum absolute atomic E-state index is 0.0991. The number of carboxylic acids is 1. The first-order valence-corrected chi connectivity index (χ1v) is 6.30. The molecule has 0 aliphatic carbocycles. The molecule has 7 nitrogen and oxygen atoms in total. The molecule has 0 saturated carbocycles. The van der Waals surface area contributed by atoms with Crippen molar-refractivity contribution in [3.63, 3.8) is 0 Å². The number of hydrogen-bond acceptors (Lipinski definition) is 5. The van der Waals surface area contributed by atoms with Crippen LogP contribution in [0.2, 0.25) is 0 Å². The Labute approximate surface area is 119 Å². The van der Waals surface area contributed by atoms with Gasteiger partial charge in [0.15, 0.2) is 5.78 Å². The van der Waals surface area contributed by atoms with E-state index in [4.69, 9.17) is 5.11 Å². The Bertz CT molecular complexity index is 561. The number of carbonyl (C=O) groups excluding carboxylic acids is 1. The Balaban J connectivity index is 3.05. The Morgan fingerprint density at radius 1 is 1.48 bits per heavy atom. The summed E-state index contributed by atoms with van der Waals surface area (Å²) in [4.78, 5) is 32.7. The topological polar surface area (TPSA) is 110 Å². The van der Waals surface area contributed by atoms with Crippen LogP contribution in [0.1, 0.15) is 30.1 Å². The zero-order valence-electron chi connectivity index (χ0n) is 11.3. The molecule has 0 aliphatic heterocycles. The number of carboxylic acid groups (broad SMARTS) is 1. The van der Waals surface area contributed by atoms with Crippen LogP contribution in [0.5, 0.6) is 0 Å². The van der Waals surface area contributed by atoms with E-state index in [2.05, 4.69) is 5.32 Å². The second-order valence-corrected chi connectivity index (χ2v) is 4.39. The molecule has 1 rings (SSSR count). The summed E-state index contributed by atoms with van der Waals surface area (Å²) in [6.07, 6.45) is 0.233. The fraction of sp³-hybridized carbons (Fsp3) is 0.385. The van der Waals surface area contributed by atoms with Crippen molar-refractivity contribution < 1.29 is 24.0 Å². The molecule has 0 radical (unpaired) electrons. The van der Waals surface area contributed by atoms with E-state index in [9.17, 15) is 24.1 Å². The number of aliphatic carboxylic acids is 1. The lowest BCUT2D eigenvalue weighted by molar-refractivity contribution is -0.387. The Hall–Kier alpha value is -2.35. The molecule has 1 atom stereocenters. The van der Waals surface area contributed by atoms with Gasteiger partial charge in [-0.2, -0.15) is 4.39 Å². The van der Waals surface area contributed by atoms with Crippen LogP contribution in [-0.2, 0) is 4.79 Å². The standard InChI is InChI=1S/C13H15FN2O5/c1-2-5-15-10(7-12(17)18)13(19)8-3-4-9(14)11(6-8)16(20)21/h3-4,6,10,15H,2,5,7H2,1H3,(H,17,18). The summed E-state index contributed by atoms with van der Waals surface area (Å²) in [5, 5.41) is 22.2. The van der Waals surface area contributed by atoms with Gasteiger partial charge in [-0.1, -0.05) is 6.92 Å². The van der Waals surface area contributed by atoms with Gasteiger partial charge in [-0.15, -0.1) is 0 Å². The quantitative estimate of drug-likeness (QED) is 0.430.